The van der Waals surface area contributed by atoms with Gasteiger partial charge in [0, 0.05) is 17.6 Å². The summed E-state index contributed by atoms with van der Waals surface area (Å²) in [5.74, 6) is 1.23. The monoisotopic (exact) mass is 272 g/mol. The van der Waals surface area contributed by atoms with E-state index >= 15 is 0 Å². The fraction of sp³-hybridized carbons (Fsp3) is 0.471. The first-order valence-electron chi connectivity index (χ1n) is 7.15. The van der Waals surface area contributed by atoms with Crippen LogP contribution in [-0.4, -0.2) is 10.5 Å². The number of hydrogen-bond acceptors (Lipinski definition) is 3. The summed E-state index contributed by atoms with van der Waals surface area (Å²) in [5, 5.41) is 3.40. The fourth-order valence-corrected chi connectivity index (χ4v) is 1.89. The summed E-state index contributed by atoms with van der Waals surface area (Å²) in [5.41, 5.74) is 3.37. The van der Waals surface area contributed by atoms with Crippen molar-refractivity contribution in [3.05, 3.63) is 41.8 Å². The Kier molecular flexibility index (Phi) is 4.29. The summed E-state index contributed by atoms with van der Waals surface area (Å²) >= 11 is 0. The lowest BCUT2D eigenvalue weighted by molar-refractivity contribution is 0.421. The zero-order chi connectivity index (χ0) is 14.8. The SMILES string of the molecule is CC(C)c1ccc(-c2nc(CNC(C)(C)C)co2)cc1. The highest BCUT2D eigenvalue weighted by Gasteiger charge is 2.11. The molecule has 3 heteroatoms. The molecule has 0 saturated heterocycles. The minimum atomic E-state index is 0.0814. The number of benzene rings is 1. The molecule has 0 radical (unpaired) electrons. The van der Waals surface area contributed by atoms with Crippen LogP contribution in [-0.2, 0) is 6.54 Å². The van der Waals surface area contributed by atoms with Gasteiger partial charge in [-0.15, -0.1) is 0 Å². The molecule has 108 valence electrons. The molecular weight excluding hydrogens is 248 g/mol. The van der Waals surface area contributed by atoms with Crippen molar-refractivity contribution in [2.45, 2.75) is 52.6 Å². The molecule has 1 N–H and O–H groups in total. The summed E-state index contributed by atoms with van der Waals surface area (Å²) in [6.07, 6.45) is 1.73. The highest BCUT2D eigenvalue weighted by molar-refractivity contribution is 5.53. The van der Waals surface area contributed by atoms with Gasteiger partial charge in [0.05, 0.1) is 5.69 Å². The van der Waals surface area contributed by atoms with Gasteiger partial charge in [-0.1, -0.05) is 26.0 Å². The lowest BCUT2D eigenvalue weighted by Gasteiger charge is -2.19. The normalized spacial score (nSPS) is 12.1. The molecule has 0 amide bonds. The summed E-state index contributed by atoms with van der Waals surface area (Å²) < 4.78 is 5.57. The molecule has 0 aliphatic carbocycles. The minimum Gasteiger partial charge on any atom is -0.444 e. The van der Waals surface area contributed by atoms with E-state index in [4.69, 9.17) is 4.42 Å². The van der Waals surface area contributed by atoms with Crippen LogP contribution in [0.4, 0.5) is 0 Å². The van der Waals surface area contributed by atoms with Crippen molar-refractivity contribution in [1.29, 1.82) is 0 Å². The Morgan fingerprint density at radius 3 is 2.35 bits per heavy atom. The van der Waals surface area contributed by atoms with E-state index in [1.54, 1.807) is 6.26 Å². The largest absolute Gasteiger partial charge is 0.444 e. The van der Waals surface area contributed by atoms with Crippen LogP contribution in [0.3, 0.4) is 0 Å². The molecule has 2 rings (SSSR count). The van der Waals surface area contributed by atoms with E-state index in [0.29, 0.717) is 11.8 Å². The van der Waals surface area contributed by atoms with E-state index in [2.05, 4.69) is 69.2 Å². The summed E-state index contributed by atoms with van der Waals surface area (Å²) in [6, 6.07) is 8.42. The van der Waals surface area contributed by atoms with Crippen LogP contribution in [0.25, 0.3) is 11.5 Å². The molecular formula is C17H24N2O. The minimum absolute atomic E-state index is 0.0814. The zero-order valence-corrected chi connectivity index (χ0v) is 13.0. The van der Waals surface area contributed by atoms with E-state index in [1.165, 1.54) is 5.56 Å². The van der Waals surface area contributed by atoms with Gasteiger partial charge in [0.2, 0.25) is 5.89 Å². The molecule has 0 saturated carbocycles. The lowest BCUT2D eigenvalue weighted by Crippen LogP contribution is -2.35. The van der Waals surface area contributed by atoms with E-state index in [-0.39, 0.29) is 5.54 Å². The Hall–Kier alpha value is -1.61. The fourth-order valence-electron chi connectivity index (χ4n) is 1.89. The predicted molar refractivity (Wildman–Crippen MR) is 82.6 cm³/mol. The maximum Gasteiger partial charge on any atom is 0.226 e. The molecule has 0 unspecified atom stereocenters. The molecule has 1 heterocycles. The molecule has 0 fully saturated rings. The molecule has 0 spiro atoms. The Bertz CT molecular complexity index is 547. The van der Waals surface area contributed by atoms with Gasteiger partial charge in [-0.2, -0.15) is 0 Å². The molecule has 0 aliphatic heterocycles. The number of nitrogens with one attached hydrogen (secondary N) is 1. The number of aromatic nitrogens is 1. The number of oxazole rings is 1. The van der Waals surface area contributed by atoms with E-state index in [9.17, 15) is 0 Å². The maximum absolute atomic E-state index is 5.57. The highest BCUT2D eigenvalue weighted by Crippen LogP contribution is 2.22. The summed E-state index contributed by atoms with van der Waals surface area (Å²) in [6.45, 7) is 11.5. The Labute approximate surface area is 121 Å². The topological polar surface area (TPSA) is 38.1 Å². The van der Waals surface area contributed by atoms with Crippen LogP contribution in [0.1, 0.15) is 51.8 Å². The quantitative estimate of drug-likeness (QED) is 0.899. The number of nitrogens with zero attached hydrogens (tertiary/aromatic N) is 1. The lowest BCUT2D eigenvalue weighted by atomic mass is 10.0. The van der Waals surface area contributed by atoms with Gasteiger partial charge in [-0.3, -0.25) is 0 Å². The van der Waals surface area contributed by atoms with Gasteiger partial charge < -0.3 is 9.73 Å². The third-order valence-electron chi connectivity index (χ3n) is 3.18. The molecule has 1 aromatic heterocycles. The van der Waals surface area contributed by atoms with Crippen molar-refractivity contribution < 1.29 is 4.42 Å². The molecule has 0 atom stereocenters. The van der Waals surface area contributed by atoms with Crippen LogP contribution in [0, 0.1) is 0 Å². The maximum atomic E-state index is 5.57. The summed E-state index contributed by atoms with van der Waals surface area (Å²) in [4.78, 5) is 4.53. The third kappa shape index (κ3) is 3.94. The van der Waals surface area contributed by atoms with Crippen LogP contribution in [0.2, 0.25) is 0 Å². The molecule has 2 aromatic rings. The number of hydrogen-bond donors (Lipinski definition) is 1. The molecule has 0 bridgehead atoms. The van der Waals surface area contributed by atoms with Gasteiger partial charge in [0.15, 0.2) is 0 Å². The van der Waals surface area contributed by atoms with Crippen LogP contribution < -0.4 is 5.32 Å². The van der Waals surface area contributed by atoms with Crippen LogP contribution in [0.15, 0.2) is 34.9 Å². The third-order valence-corrected chi connectivity index (χ3v) is 3.18. The van der Waals surface area contributed by atoms with Crippen molar-refractivity contribution in [2.75, 3.05) is 0 Å². The highest BCUT2D eigenvalue weighted by atomic mass is 16.3. The van der Waals surface area contributed by atoms with Crippen molar-refractivity contribution in [3.8, 4) is 11.5 Å². The molecule has 0 aliphatic rings. The predicted octanol–water partition coefficient (Wildman–Crippen LogP) is 4.35. The van der Waals surface area contributed by atoms with E-state index in [1.807, 2.05) is 0 Å². The summed E-state index contributed by atoms with van der Waals surface area (Å²) in [7, 11) is 0. The second kappa shape index (κ2) is 5.80. The Morgan fingerprint density at radius 1 is 1.15 bits per heavy atom. The van der Waals surface area contributed by atoms with Gasteiger partial charge in [0.25, 0.3) is 0 Å². The van der Waals surface area contributed by atoms with Crippen molar-refractivity contribution in [2.24, 2.45) is 0 Å². The average Bonchev–Trinajstić information content (AvgIpc) is 2.84. The Balaban J connectivity index is 2.08. The van der Waals surface area contributed by atoms with Crippen molar-refractivity contribution in [3.63, 3.8) is 0 Å². The van der Waals surface area contributed by atoms with Gasteiger partial charge in [-0.25, -0.2) is 4.98 Å². The van der Waals surface area contributed by atoms with Gasteiger partial charge in [-0.05, 0) is 44.4 Å². The Morgan fingerprint density at radius 2 is 1.80 bits per heavy atom. The van der Waals surface area contributed by atoms with Crippen molar-refractivity contribution >= 4 is 0 Å². The van der Waals surface area contributed by atoms with E-state index < -0.39 is 0 Å². The average molecular weight is 272 g/mol. The zero-order valence-electron chi connectivity index (χ0n) is 13.0. The molecule has 3 nitrogen and oxygen atoms in total. The molecule has 1 aromatic carbocycles. The van der Waals surface area contributed by atoms with Crippen LogP contribution >= 0.6 is 0 Å². The van der Waals surface area contributed by atoms with E-state index in [0.717, 1.165) is 17.8 Å². The smallest absolute Gasteiger partial charge is 0.226 e. The standard InChI is InChI=1S/C17H24N2O/c1-12(2)13-6-8-14(9-7-13)16-19-15(11-20-16)10-18-17(3,4)5/h6-9,11-12,18H,10H2,1-5H3. The van der Waals surface area contributed by atoms with Gasteiger partial charge in [0.1, 0.15) is 6.26 Å². The molecule has 20 heavy (non-hydrogen) atoms. The van der Waals surface area contributed by atoms with Gasteiger partial charge >= 0.3 is 0 Å². The first-order chi connectivity index (χ1) is 9.35. The van der Waals surface area contributed by atoms with Crippen molar-refractivity contribution in [1.82, 2.24) is 10.3 Å². The first kappa shape index (κ1) is 14.8. The first-order valence-corrected chi connectivity index (χ1v) is 7.15. The second-order valence-electron chi connectivity index (χ2n) is 6.52. The number of rotatable bonds is 4. The second-order valence-corrected chi connectivity index (χ2v) is 6.52. The van der Waals surface area contributed by atoms with Crippen LogP contribution in [0.5, 0.6) is 0 Å².